The van der Waals surface area contributed by atoms with Gasteiger partial charge in [0.1, 0.15) is 12.2 Å². The van der Waals surface area contributed by atoms with Crippen molar-refractivity contribution in [2.75, 3.05) is 7.11 Å². The van der Waals surface area contributed by atoms with E-state index in [1.807, 2.05) is 4.90 Å². The van der Waals surface area contributed by atoms with Gasteiger partial charge < -0.3 is 14.6 Å². The molecule has 11 nitrogen and oxygen atoms in total. The zero-order valence-corrected chi connectivity index (χ0v) is 19.2. The summed E-state index contributed by atoms with van der Waals surface area (Å²) in [7, 11) is 1.54. The Balaban J connectivity index is 1.33. The van der Waals surface area contributed by atoms with Gasteiger partial charge >= 0.3 is 0 Å². The molecular weight excluding hydrogens is 477 g/mol. The van der Waals surface area contributed by atoms with Gasteiger partial charge in [0.05, 0.1) is 41.3 Å². The fourth-order valence-corrected chi connectivity index (χ4v) is 5.13. The molecule has 0 bridgehead atoms. The van der Waals surface area contributed by atoms with Crippen LogP contribution in [0.25, 0.3) is 22.5 Å². The molecule has 1 amide bonds. The van der Waals surface area contributed by atoms with Gasteiger partial charge in [0.2, 0.25) is 11.8 Å². The van der Waals surface area contributed by atoms with Crippen LogP contribution in [0.1, 0.15) is 36.7 Å². The third-order valence-electron chi connectivity index (χ3n) is 6.50. The van der Waals surface area contributed by atoms with Crippen molar-refractivity contribution in [3.63, 3.8) is 0 Å². The van der Waals surface area contributed by atoms with E-state index in [2.05, 4.69) is 35.7 Å². The number of halogens is 2. The Bertz CT molecular complexity index is 1440. The summed E-state index contributed by atoms with van der Waals surface area (Å²) in [6, 6.07) is 2.76. The maximum Gasteiger partial charge on any atom is 0.247 e. The molecule has 2 N–H and O–H groups in total. The monoisotopic (exact) mass is 495 g/mol. The number of H-pyrrole nitrogens is 2. The number of aromatic amines is 2. The summed E-state index contributed by atoms with van der Waals surface area (Å²) in [4.78, 5) is 23.0. The molecule has 178 valence electrons. The fourth-order valence-electron chi connectivity index (χ4n) is 4.97. The van der Waals surface area contributed by atoms with E-state index in [1.165, 1.54) is 23.2 Å². The quantitative estimate of drug-likeness (QED) is 0.435. The molecule has 4 aromatic rings. The molecule has 2 aliphatic rings. The minimum Gasteiger partial charge on any atom is -0.479 e. The molecular formula is C22H19ClFN9O2. The second kappa shape index (κ2) is 8.31. The second-order valence-corrected chi connectivity index (χ2v) is 8.77. The van der Waals surface area contributed by atoms with E-state index >= 15 is 4.39 Å². The van der Waals surface area contributed by atoms with Crippen molar-refractivity contribution in [1.82, 2.24) is 45.3 Å². The van der Waals surface area contributed by atoms with Crippen LogP contribution in [0.3, 0.4) is 0 Å². The number of amides is 1. The molecule has 3 aromatic heterocycles. The van der Waals surface area contributed by atoms with Crippen LogP contribution in [0.2, 0.25) is 5.02 Å². The van der Waals surface area contributed by atoms with Crippen molar-refractivity contribution >= 4 is 23.1 Å². The summed E-state index contributed by atoms with van der Waals surface area (Å²) < 4.78 is 21.9. The number of methoxy groups -OCH3 is 1. The topological polar surface area (TPSA) is 130 Å². The lowest BCUT2D eigenvalue weighted by Gasteiger charge is -2.33. The number of fused-ring (bicyclic) bond motifs is 1. The molecule has 5 heterocycles. The van der Waals surface area contributed by atoms with E-state index < -0.39 is 5.82 Å². The van der Waals surface area contributed by atoms with Crippen molar-refractivity contribution in [3.8, 4) is 22.8 Å². The molecule has 1 fully saturated rings. The Morgan fingerprint density at radius 1 is 1.29 bits per heavy atom. The van der Waals surface area contributed by atoms with Gasteiger partial charge in [-0.3, -0.25) is 9.89 Å². The van der Waals surface area contributed by atoms with Crippen LogP contribution >= 0.6 is 11.6 Å². The number of ether oxygens (including phenoxy) is 1. The average molecular weight is 496 g/mol. The van der Waals surface area contributed by atoms with E-state index in [9.17, 15) is 4.79 Å². The number of hydrogen-bond donors (Lipinski definition) is 2. The smallest absolute Gasteiger partial charge is 0.247 e. The standard InChI is InChI=1S/C22H19ClFN9O2/c1-35-22-13(8-26-29-22)15-9-25-21(28-15)17-4-2-12-6-11(7-18(34)33(12)17)19-16(32-10-27-30-31-32)5-3-14(23)20(19)24/h3,5,7-10,12,17H,2,4,6H2,1H3,(H,25,28)(H,26,29)/t12-,17+/m1/s1. The highest BCUT2D eigenvalue weighted by atomic mass is 35.5. The van der Waals surface area contributed by atoms with E-state index in [1.54, 1.807) is 25.6 Å². The molecule has 0 aliphatic carbocycles. The molecule has 0 radical (unpaired) electrons. The fraction of sp³-hybridized carbons (Fsp3) is 0.273. The van der Waals surface area contributed by atoms with Crippen LogP contribution in [0.15, 0.2) is 36.9 Å². The lowest BCUT2D eigenvalue weighted by atomic mass is 9.92. The highest BCUT2D eigenvalue weighted by Gasteiger charge is 2.42. The zero-order chi connectivity index (χ0) is 24.1. The molecule has 2 aliphatic heterocycles. The van der Waals surface area contributed by atoms with Crippen LogP contribution in [0.5, 0.6) is 5.88 Å². The normalized spacial score (nSPS) is 19.7. The molecule has 0 spiro atoms. The third-order valence-corrected chi connectivity index (χ3v) is 6.79. The van der Waals surface area contributed by atoms with Gasteiger partial charge in [0.15, 0.2) is 5.82 Å². The van der Waals surface area contributed by atoms with Gasteiger partial charge in [-0.1, -0.05) is 11.6 Å². The Hall–Kier alpha value is -4.06. The van der Waals surface area contributed by atoms with Gasteiger partial charge in [-0.2, -0.15) is 4.68 Å². The first-order chi connectivity index (χ1) is 17.0. The maximum absolute atomic E-state index is 15.2. The Labute approximate surface area is 202 Å². The van der Waals surface area contributed by atoms with Crippen molar-refractivity contribution in [2.24, 2.45) is 0 Å². The number of hydrogen-bond acceptors (Lipinski definition) is 7. The molecule has 6 rings (SSSR count). The van der Waals surface area contributed by atoms with Gasteiger partial charge in [0, 0.05) is 23.9 Å². The predicted molar refractivity (Wildman–Crippen MR) is 122 cm³/mol. The second-order valence-electron chi connectivity index (χ2n) is 8.37. The average Bonchev–Trinajstić information content (AvgIpc) is 3.66. The van der Waals surface area contributed by atoms with Crippen molar-refractivity contribution in [3.05, 3.63) is 59.2 Å². The number of carbonyl (C=O) groups excluding carboxylic acids is 1. The zero-order valence-electron chi connectivity index (χ0n) is 18.4. The van der Waals surface area contributed by atoms with E-state index in [-0.39, 0.29) is 28.6 Å². The first-order valence-corrected chi connectivity index (χ1v) is 11.3. The summed E-state index contributed by atoms with van der Waals surface area (Å²) in [6.07, 6.45) is 8.21. The Morgan fingerprint density at radius 3 is 2.97 bits per heavy atom. The molecule has 0 saturated carbocycles. The van der Waals surface area contributed by atoms with Crippen molar-refractivity contribution < 1.29 is 13.9 Å². The largest absolute Gasteiger partial charge is 0.479 e. The maximum atomic E-state index is 15.2. The van der Waals surface area contributed by atoms with E-state index in [0.717, 1.165) is 24.1 Å². The predicted octanol–water partition coefficient (Wildman–Crippen LogP) is 3.10. The highest BCUT2D eigenvalue weighted by molar-refractivity contribution is 6.31. The van der Waals surface area contributed by atoms with Gasteiger partial charge in [-0.25, -0.2) is 9.37 Å². The van der Waals surface area contributed by atoms with Crippen LogP contribution in [0, 0.1) is 5.82 Å². The first-order valence-electron chi connectivity index (χ1n) is 10.9. The van der Waals surface area contributed by atoms with Crippen molar-refractivity contribution in [2.45, 2.75) is 31.3 Å². The number of carbonyl (C=O) groups is 1. The third kappa shape index (κ3) is 3.48. The number of benzene rings is 1. The van der Waals surface area contributed by atoms with Crippen LogP contribution in [0.4, 0.5) is 4.39 Å². The van der Waals surface area contributed by atoms with Crippen LogP contribution in [-0.4, -0.2) is 64.3 Å². The van der Waals surface area contributed by atoms with Gasteiger partial charge in [-0.15, -0.1) is 10.2 Å². The van der Waals surface area contributed by atoms with Crippen LogP contribution in [-0.2, 0) is 4.79 Å². The molecule has 13 heteroatoms. The first kappa shape index (κ1) is 21.5. The SMILES string of the molecule is COc1n[nH]cc1-c1cnc([C@@H]2CC[C@@H]3CC(c4c(-n5cnnn5)ccc(Cl)c4F)=CC(=O)N32)[nH]1. The number of nitrogens with one attached hydrogen (secondary N) is 2. The summed E-state index contributed by atoms with van der Waals surface area (Å²) in [5.74, 6) is 0.318. The summed E-state index contributed by atoms with van der Waals surface area (Å²) >= 11 is 6.10. The summed E-state index contributed by atoms with van der Waals surface area (Å²) in [5.41, 5.74) is 2.70. The summed E-state index contributed by atoms with van der Waals surface area (Å²) in [5, 5.41) is 17.9. The minimum atomic E-state index is -0.605. The van der Waals surface area contributed by atoms with Crippen molar-refractivity contribution in [1.29, 1.82) is 0 Å². The van der Waals surface area contributed by atoms with E-state index in [4.69, 9.17) is 16.3 Å². The summed E-state index contributed by atoms with van der Waals surface area (Å²) in [6.45, 7) is 0. The van der Waals surface area contributed by atoms with Crippen LogP contribution < -0.4 is 4.74 Å². The van der Waals surface area contributed by atoms with Gasteiger partial charge in [-0.05, 0) is 47.4 Å². The molecule has 35 heavy (non-hydrogen) atoms. The number of aromatic nitrogens is 8. The highest BCUT2D eigenvalue weighted by Crippen LogP contribution is 2.44. The van der Waals surface area contributed by atoms with E-state index in [0.29, 0.717) is 29.4 Å². The lowest BCUT2D eigenvalue weighted by Crippen LogP contribution is -2.39. The molecule has 1 aromatic carbocycles. The number of nitrogens with zero attached hydrogens (tertiary/aromatic N) is 7. The lowest BCUT2D eigenvalue weighted by molar-refractivity contribution is -0.129. The number of tetrazole rings is 1. The number of rotatable bonds is 5. The molecule has 0 unspecified atom stereocenters. The minimum absolute atomic E-state index is 0.0327. The number of imidazole rings is 1. The Kier molecular flexibility index (Phi) is 5.10. The Morgan fingerprint density at radius 2 is 2.17 bits per heavy atom. The molecule has 1 saturated heterocycles. The van der Waals surface area contributed by atoms with Gasteiger partial charge in [0.25, 0.3) is 0 Å². The molecule has 2 atom stereocenters.